The van der Waals surface area contributed by atoms with Crippen LogP contribution >= 0.6 is 0 Å². The largest absolute Gasteiger partial charge is 0.457 e. The van der Waals surface area contributed by atoms with Gasteiger partial charge in [0.25, 0.3) is 0 Å². The van der Waals surface area contributed by atoms with E-state index >= 15 is 0 Å². The molecule has 0 N–H and O–H groups in total. The van der Waals surface area contributed by atoms with Crippen molar-refractivity contribution in [1.29, 1.82) is 0 Å². The van der Waals surface area contributed by atoms with Crippen molar-refractivity contribution in [3.8, 4) is 50.7 Å². The van der Waals surface area contributed by atoms with Crippen LogP contribution in [0.2, 0.25) is 0 Å². The predicted octanol–water partition coefficient (Wildman–Crippen LogP) is 18.4. The van der Waals surface area contributed by atoms with Gasteiger partial charge in [0.15, 0.2) is 0 Å². The second-order valence-electron chi connectivity index (χ2n) is 22.4. The van der Waals surface area contributed by atoms with Crippen LogP contribution < -0.4 is 14.5 Å². The Morgan fingerprint density at radius 2 is 1.12 bits per heavy atom. The maximum absolute atomic E-state index is 8.71. The minimum absolute atomic E-state index is 0.0156. The summed E-state index contributed by atoms with van der Waals surface area (Å²) in [5.41, 5.74) is 15.9. The van der Waals surface area contributed by atoms with Gasteiger partial charge >= 0.3 is 0 Å². The zero-order valence-electron chi connectivity index (χ0n) is 48.0. The zero-order chi connectivity index (χ0) is 54.5. The first-order valence-electron chi connectivity index (χ1n) is 27.5. The number of aromatic nitrogens is 2. The molecular weight excluding hydrogens is 877 g/mol. The van der Waals surface area contributed by atoms with E-state index in [0.29, 0.717) is 29.5 Å². The second-order valence-corrected chi connectivity index (χ2v) is 22.4. The Balaban J connectivity index is 1.00. The van der Waals surface area contributed by atoms with E-state index in [2.05, 4.69) is 198 Å². The van der Waals surface area contributed by atoms with Crippen molar-refractivity contribution >= 4 is 44.6 Å². The summed E-state index contributed by atoms with van der Waals surface area (Å²) < 4.78 is 51.3. The lowest BCUT2D eigenvalue weighted by atomic mass is 9.80. The monoisotopic (exact) mass is 946 g/mol. The zero-order valence-corrected chi connectivity index (χ0v) is 43.0. The molecule has 72 heavy (non-hydrogen) atoms. The number of fused-ring (bicyclic) bond motifs is 4. The van der Waals surface area contributed by atoms with Crippen molar-refractivity contribution < 1.29 is 11.6 Å². The Hall–Kier alpha value is -7.89. The molecule has 0 unspecified atom stereocenters. The van der Waals surface area contributed by atoms with Gasteiger partial charge in [0, 0.05) is 46.0 Å². The summed E-state index contributed by atoms with van der Waals surface area (Å²) in [6.45, 7) is 23.0. The first kappa shape index (κ1) is 40.8. The number of anilines is 4. The van der Waals surface area contributed by atoms with Crippen LogP contribution in [0.5, 0.6) is 11.5 Å². The Morgan fingerprint density at radius 3 is 1.85 bits per heavy atom. The third-order valence-corrected chi connectivity index (χ3v) is 14.2. The van der Waals surface area contributed by atoms with Crippen molar-refractivity contribution in [3.05, 3.63) is 216 Å². The summed E-state index contributed by atoms with van der Waals surface area (Å²) >= 11 is 0. The summed E-state index contributed by atoms with van der Waals surface area (Å²) in [7, 11) is 0. The highest BCUT2D eigenvalue weighted by atomic mass is 16.5. The van der Waals surface area contributed by atoms with E-state index < -0.39 is 6.04 Å². The number of benzene rings is 8. The Kier molecular flexibility index (Phi) is 10.1. The number of hydrogen-bond donors (Lipinski definition) is 0. The molecule has 0 amide bonds. The summed E-state index contributed by atoms with van der Waals surface area (Å²) in [4.78, 5) is 9.81. The van der Waals surface area contributed by atoms with E-state index in [1.807, 2.05) is 43.3 Å². The lowest BCUT2D eigenvalue weighted by molar-refractivity contribution is 0.483. The molecule has 0 aliphatic carbocycles. The third-order valence-electron chi connectivity index (χ3n) is 14.2. The van der Waals surface area contributed by atoms with Gasteiger partial charge in [-0.2, -0.15) is 0 Å². The van der Waals surface area contributed by atoms with Crippen LogP contribution in [-0.4, -0.2) is 16.2 Å². The van der Waals surface area contributed by atoms with Gasteiger partial charge in [-0.05, 0) is 140 Å². The van der Waals surface area contributed by atoms with Crippen molar-refractivity contribution in [1.82, 2.24) is 9.55 Å². The average Bonchev–Trinajstić information content (AvgIpc) is 3.96. The molecule has 0 spiro atoms. The molecule has 0 radical (unpaired) electrons. The standard InChI is InChI=1S/C67H64N4O/c1-44-33-64(68-42-59(44)46-21-15-12-16-22-46)71-60-31-27-48(45-19-13-11-14-20-45)35-58(60)57-30-29-56(41-62(57)71)72-55-26-18-25-53(40-55)69-43-70(54-38-51(66(5,6)7)37-52(39-54)67(8,9)10)63-36-49(28-32-61(63)69)47-23-17-24-50(34-47)65(2,3)4/h11-42H,43H2,1-10H3/i12D,15D,16D,21D,22D. The number of pyridine rings is 1. The number of nitrogens with zero attached hydrogens (tertiary/aromatic N) is 4. The van der Waals surface area contributed by atoms with Crippen molar-refractivity contribution in [2.45, 2.75) is 85.5 Å². The quantitative estimate of drug-likeness (QED) is 0.152. The molecule has 1 aliphatic heterocycles. The predicted molar refractivity (Wildman–Crippen MR) is 304 cm³/mol. The van der Waals surface area contributed by atoms with E-state index in [1.165, 1.54) is 27.8 Å². The Labute approximate surface area is 433 Å². The van der Waals surface area contributed by atoms with E-state index in [0.717, 1.165) is 61.2 Å². The molecule has 0 fully saturated rings. The van der Waals surface area contributed by atoms with Gasteiger partial charge in [-0.3, -0.25) is 4.57 Å². The van der Waals surface area contributed by atoms with Crippen LogP contribution in [0.4, 0.5) is 22.7 Å². The van der Waals surface area contributed by atoms with Crippen LogP contribution in [0.15, 0.2) is 194 Å². The molecule has 2 aromatic heterocycles. The third kappa shape index (κ3) is 8.83. The van der Waals surface area contributed by atoms with Crippen LogP contribution in [0, 0.1) is 6.92 Å². The SMILES string of the molecule is [2H]c1c([2H])c([2H])c(-c2cnc(-n3c4ccc(-c5ccccc5)cc4c4ccc(Oc5cccc(N6CN(c7cc(C(C)(C)C)cc(C(C)(C)C)c7)c7cc(-c8cccc(C(C)(C)C)c8)ccc76)c5)cc43)cc2C)c([2H])c1[2H]. The number of aryl methyl sites for hydroxylation is 1. The van der Waals surface area contributed by atoms with Crippen LogP contribution in [0.3, 0.4) is 0 Å². The first-order valence-corrected chi connectivity index (χ1v) is 25.0. The Morgan fingerprint density at radius 1 is 0.472 bits per heavy atom. The molecule has 358 valence electrons. The highest BCUT2D eigenvalue weighted by Crippen LogP contribution is 2.48. The highest BCUT2D eigenvalue weighted by molar-refractivity contribution is 6.11. The molecule has 0 atom stereocenters. The van der Waals surface area contributed by atoms with Gasteiger partial charge in [0.05, 0.1) is 29.3 Å². The highest BCUT2D eigenvalue weighted by Gasteiger charge is 2.31. The first-order chi connectivity index (χ1) is 36.5. The maximum Gasteiger partial charge on any atom is 0.137 e. The van der Waals surface area contributed by atoms with E-state index in [1.54, 1.807) is 6.20 Å². The lowest BCUT2D eigenvalue weighted by Crippen LogP contribution is -2.25. The van der Waals surface area contributed by atoms with Crippen molar-refractivity contribution in [2.24, 2.45) is 0 Å². The smallest absolute Gasteiger partial charge is 0.137 e. The van der Waals surface area contributed by atoms with E-state index in [9.17, 15) is 0 Å². The van der Waals surface area contributed by atoms with Crippen LogP contribution in [0.25, 0.3) is 61.0 Å². The lowest BCUT2D eigenvalue weighted by Gasteiger charge is -2.29. The van der Waals surface area contributed by atoms with Gasteiger partial charge in [0.1, 0.15) is 24.0 Å². The van der Waals surface area contributed by atoms with Gasteiger partial charge in [-0.25, -0.2) is 4.98 Å². The molecule has 10 aromatic rings. The molecule has 0 saturated carbocycles. The molecule has 8 aromatic carbocycles. The van der Waals surface area contributed by atoms with Crippen LogP contribution in [-0.2, 0) is 16.2 Å². The van der Waals surface area contributed by atoms with E-state index in [-0.39, 0.29) is 46.0 Å². The number of rotatable bonds is 8. The molecule has 0 bridgehead atoms. The molecule has 5 heteroatoms. The Bertz CT molecular complexity index is 3910. The maximum atomic E-state index is 8.71. The fourth-order valence-electron chi connectivity index (χ4n) is 9.96. The molecule has 0 saturated heterocycles. The summed E-state index contributed by atoms with van der Waals surface area (Å²) in [6.07, 6.45) is 1.62. The number of ether oxygens (including phenoxy) is 1. The molecule has 5 nitrogen and oxygen atoms in total. The number of hydrogen-bond acceptors (Lipinski definition) is 4. The summed E-state index contributed by atoms with van der Waals surface area (Å²) in [5, 5.41) is 2.05. The molecule has 11 rings (SSSR count). The molecular formula is C67H64N4O. The minimum atomic E-state index is -0.427. The van der Waals surface area contributed by atoms with Gasteiger partial charge < -0.3 is 14.5 Å². The average molecular weight is 946 g/mol. The molecule has 3 heterocycles. The summed E-state index contributed by atoms with van der Waals surface area (Å²) in [6, 6.07) is 54.5. The van der Waals surface area contributed by atoms with Gasteiger partial charge in [-0.1, -0.05) is 171 Å². The van der Waals surface area contributed by atoms with Crippen molar-refractivity contribution in [2.75, 3.05) is 16.5 Å². The van der Waals surface area contributed by atoms with E-state index in [4.69, 9.17) is 16.6 Å². The van der Waals surface area contributed by atoms with Crippen molar-refractivity contribution in [3.63, 3.8) is 0 Å². The normalized spacial score (nSPS) is 14.0. The van der Waals surface area contributed by atoms with Gasteiger partial charge in [-0.15, -0.1) is 0 Å². The second kappa shape index (κ2) is 17.8. The topological polar surface area (TPSA) is 33.5 Å². The fourth-order valence-corrected chi connectivity index (χ4v) is 9.96. The van der Waals surface area contributed by atoms with Gasteiger partial charge in [0.2, 0.25) is 0 Å². The summed E-state index contributed by atoms with van der Waals surface area (Å²) in [5.74, 6) is 1.96. The van der Waals surface area contributed by atoms with Crippen LogP contribution in [0.1, 0.15) is 91.4 Å². The fraction of sp³-hybridized carbons (Fsp3) is 0.209. The molecule has 1 aliphatic rings. The minimum Gasteiger partial charge on any atom is -0.457 e.